The van der Waals surface area contributed by atoms with E-state index in [4.69, 9.17) is 5.21 Å². The minimum absolute atomic E-state index is 0.0107. The Morgan fingerprint density at radius 1 is 1.41 bits per heavy atom. The molecule has 0 saturated heterocycles. The Morgan fingerprint density at radius 3 is 2.50 bits per heavy atom. The number of hydroxylamine groups is 1. The van der Waals surface area contributed by atoms with E-state index < -0.39 is 0 Å². The number of carbonyl (C=O) groups excluding carboxylic acids is 1. The largest absolute Gasteiger partial charge is 0.394 e. The highest BCUT2D eigenvalue weighted by atomic mass is 16.5. The maximum atomic E-state index is 11.0. The van der Waals surface area contributed by atoms with Crippen molar-refractivity contribution in [2.45, 2.75) is 18.9 Å². The summed E-state index contributed by atoms with van der Waals surface area (Å²) in [4.78, 5) is 12.8. The predicted octanol–water partition coefficient (Wildman–Crippen LogP) is 0.924. The molecule has 0 heterocycles. The third kappa shape index (κ3) is 5.05. The maximum Gasteiger partial charge on any atom is 0.144 e. The van der Waals surface area contributed by atoms with Gasteiger partial charge < -0.3 is 15.3 Å². The van der Waals surface area contributed by atoms with Crippen LogP contribution in [-0.2, 0) is 4.79 Å². The number of carbonyl (C=O) groups is 1. The standard InChI is InChI=1S/C16H25N3O3/c1-4-5-16(19(2)3)13(10-17-22)14(8-9-20)18-15(11-21)12-6-7-12/h4-5,8-10,12,15,17-18,21-22H,1,6-7,11H2,2-3H3/b13-10-,14-8+,16-5+. The zero-order valence-electron chi connectivity index (χ0n) is 13.1. The molecule has 6 heteroatoms. The zero-order chi connectivity index (χ0) is 16.5. The van der Waals surface area contributed by atoms with Crippen LogP contribution in [0.4, 0.5) is 0 Å². The highest BCUT2D eigenvalue weighted by molar-refractivity contribution is 5.69. The molecule has 1 aliphatic carbocycles. The summed E-state index contributed by atoms with van der Waals surface area (Å²) in [6.07, 6.45) is 8.97. The van der Waals surface area contributed by atoms with Crippen molar-refractivity contribution in [1.82, 2.24) is 15.7 Å². The second kappa shape index (κ2) is 9.07. The lowest BCUT2D eigenvalue weighted by molar-refractivity contribution is -0.104. The Morgan fingerprint density at radius 2 is 2.09 bits per heavy atom. The first-order chi connectivity index (χ1) is 10.6. The molecule has 1 aliphatic rings. The van der Waals surface area contributed by atoms with Crippen molar-refractivity contribution >= 4 is 6.29 Å². The Bertz CT molecular complexity index is 477. The first-order valence-corrected chi connectivity index (χ1v) is 7.22. The molecule has 1 rings (SSSR count). The van der Waals surface area contributed by atoms with Gasteiger partial charge in [-0.25, -0.2) is 0 Å². The minimum Gasteiger partial charge on any atom is -0.394 e. The molecule has 0 bridgehead atoms. The van der Waals surface area contributed by atoms with Crippen LogP contribution in [0.25, 0.3) is 0 Å². The van der Waals surface area contributed by atoms with Gasteiger partial charge in [0.05, 0.1) is 12.6 Å². The number of aldehydes is 1. The molecule has 122 valence electrons. The van der Waals surface area contributed by atoms with Crippen LogP contribution in [0.3, 0.4) is 0 Å². The maximum absolute atomic E-state index is 11.0. The molecule has 0 aromatic carbocycles. The van der Waals surface area contributed by atoms with Crippen LogP contribution in [0.15, 0.2) is 48.0 Å². The van der Waals surface area contributed by atoms with Crippen LogP contribution >= 0.6 is 0 Å². The fourth-order valence-electron chi connectivity index (χ4n) is 2.24. The van der Waals surface area contributed by atoms with Crippen molar-refractivity contribution in [3.8, 4) is 0 Å². The van der Waals surface area contributed by atoms with Gasteiger partial charge in [0, 0.05) is 43.3 Å². The average Bonchev–Trinajstić information content (AvgIpc) is 3.31. The highest BCUT2D eigenvalue weighted by Gasteiger charge is 2.31. The van der Waals surface area contributed by atoms with E-state index in [1.54, 1.807) is 12.2 Å². The number of likely N-dealkylation sites (N-methyl/N-ethyl adjacent to an activating group) is 1. The van der Waals surface area contributed by atoms with Crippen LogP contribution < -0.4 is 10.8 Å². The van der Waals surface area contributed by atoms with Gasteiger partial charge in [-0.05, 0) is 24.8 Å². The van der Waals surface area contributed by atoms with Gasteiger partial charge in [0.15, 0.2) is 0 Å². The summed E-state index contributed by atoms with van der Waals surface area (Å²) in [7, 11) is 3.70. The summed E-state index contributed by atoms with van der Waals surface area (Å²) in [5.41, 5.74) is 3.90. The minimum atomic E-state index is -0.111. The van der Waals surface area contributed by atoms with Gasteiger partial charge in [-0.15, -0.1) is 0 Å². The Labute approximate surface area is 131 Å². The van der Waals surface area contributed by atoms with E-state index in [9.17, 15) is 9.90 Å². The lowest BCUT2D eigenvalue weighted by Crippen LogP contribution is -2.35. The summed E-state index contributed by atoms with van der Waals surface area (Å²) in [6.45, 7) is 3.67. The van der Waals surface area contributed by atoms with Crippen molar-refractivity contribution in [1.29, 1.82) is 0 Å². The first-order valence-electron chi connectivity index (χ1n) is 7.22. The van der Waals surface area contributed by atoms with Gasteiger partial charge in [-0.3, -0.25) is 15.5 Å². The molecular weight excluding hydrogens is 282 g/mol. The number of rotatable bonds is 10. The quantitative estimate of drug-likeness (QED) is 0.208. The van der Waals surface area contributed by atoms with E-state index in [0.717, 1.165) is 18.5 Å². The molecule has 6 nitrogen and oxygen atoms in total. The van der Waals surface area contributed by atoms with Crippen molar-refractivity contribution in [3.05, 3.63) is 48.0 Å². The van der Waals surface area contributed by atoms with Crippen molar-refractivity contribution in [2.24, 2.45) is 5.92 Å². The zero-order valence-corrected chi connectivity index (χ0v) is 13.1. The Kier molecular flexibility index (Phi) is 7.42. The highest BCUT2D eigenvalue weighted by Crippen LogP contribution is 2.33. The summed E-state index contributed by atoms with van der Waals surface area (Å²) in [5.74, 6) is 0.412. The smallest absolute Gasteiger partial charge is 0.144 e. The lowest BCUT2D eigenvalue weighted by Gasteiger charge is -2.25. The molecule has 0 spiro atoms. The molecule has 0 radical (unpaired) electrons. The summed E-state index contributed by atoms with van der Waals surface area (Å²) in [6, 6.07) is -0.111. The number of nitrogens with zero attached hydrogens (tertiary/aromatic N) is 1. The summed E-state index contributed by atoms with van der Waals surface area (Å²) < 4.78 is 0. The van der Waals surface area contributed by atoms with E-state index in [-0.39, 0.29) is 12.6 Å². The molecule has 0 amide bonds. The molecule has 0 aromatic heterocycles. The summed E-state index contributed by atoms with van der Waals surface area (Å²) >= 11 is 0. The second-order valence-electron chi connectivity index (χ2n) is 5.36. The fourth-order valence-corrected chi connectivity index (χ4v) is 2.24. The normalized spacial score (nSPS) is 17.7. The third-order valence-electron chi connectivity index (χ3n) is 3.50. The fraction of sp³-hybridized carbons (Fsp3) is 0.438. The van der Waals surface area contributed by atoms with Crippen LogP contribution in [0.1, 0.15) is 12.8 Å². The topological polar surface area (TPSA) is 84.8 Å². The van der Waals surface area contributed by atoms with Crippen LogP contribution in [0.2, 0.25) is 0 Å². The van der Waals surface area contributed by atoms with Gasteiger partial charge in [0.1, 0.15) is 6.29 Å². The molecular formula is C16H25N3O3. The number of hydrogen-bond acceptors (Lipinski definition) is 6. The Balaban J connectivity index is 3.13. The number of hydrogen-bond donors (Lipinski definition) is 4. The molecule has 1 fully saturated rings. The van der Waals surface area contributed by atoms with Gasteiger partial charge in [-0.2, -0.15) is 0 Å². The number of aliphatic hydroxyl groups excluding tert-OH is 1. The first kappa shape index (κ1) is 18.0. The van der Waals surface area contributed by atoms with Crippen molar-refractivity contribution in [3.63, 3.8) is 0 Å². The van der Waals surface area contributed by atoms with Crippen LogP contribution in [-0.4, -0.2) is 48.2 Å². The Hall–Kier alpha value is -2.05. The summed E-state index contributed by atoms with van der Waals surface area (Å²) in [5, 5.41) is 21.8. The van der Waals surface area contributed by atoms with E-state index in [1.807, 2.05) is 24.5 Å². The van der Waals surface area contributed by atoms with Gasteiger partial charge in [-0.1, -0.05) is 12.7 Å². The van der Waals surface area contributed by atoms with E-state index in [1.165, 1.54) is 12.3 Å². The van der Waals surface area contributed by atoms with Crippen LogP contribution in [0, 0.1) is 5.92 Å². The molecule has 0 aliphatic heterocycles. The number of nitrogens with one attached hydrogen (secondary N) is 2. The van der Waals surface area contributed by atoms with Gasteiger partial charge >= 0.3 is 0 Å². The van der Waals surface area contributed by atoms with Crippen molar-refractivity contribution in [2.75, 3.05) is 20.7 Å². The average molecular weight is 307 g/mol. The second-order valence-corrected chi connectivity index (χ2v) is 5.36. The van der Waals surface area contributed by atoms with Crippen LogP contribution in [0.5, 0.6) is 0 Å². The number of allylic oxidation sites excluding steroid dienone is 3. The SMILES string of the molecule is C=C\C=C(C(=C\NO)/C(=C\C=O)NC(CO)C1CC1)\N(C)C. The lowest BCUT2D eigenvalue weighted by atomic mass is 10.1. The van der Waals surface area contributed by atoms with Gasteiger partial charge in [0.25, 0.3) is 0 Å². The van der Waals surface area contributed by atoms with E-state index in [0.29, 0.717) is 23.5 Å². The molecule has 22 heavy (non-hydrogen) atoms. The molecule has 0 aromatic rings. The van der Waals surface area contributed by atoms with Gasteiger partial charge in [0.2, 0.25) is 0 Å². The molecule has 1 unspecified atom stereocenters. The number of aliphatic hydroxyl groups is 1. The molecule has 1 saturated carbocycles. The van der Waals surface area contributed by atoms with E-state index >= 15 is 0 Å². The third-order valence-corrected chi connectivity index (χ3v) is 3.50. The predicted molar refractivity (Wildman–Crippen MR) is 85.9 cm³/mol. The molecule has 1 atom stereocenters. The molecule has 4 N–H and O–H groups in total. The van der Waals surface area contributed by atoms with E-state index in [2.05, 4.69) is 11.9 Å². The van der Waals surface area contributed by atoms with Crippen molar-refractivity contribution < 1.29 is 15.1 Å². The monoisotopic (exact) mass is 307 g/mol.